The summed E-state index contributed by atoms with van der Waals surface area (Å²) >= 11 is 4.97. The van der Waals surface area contributed by atoms with Crippen LogP contribution in [0, 0.1) is 11.3 Å². The van der Waals surface area contributed by atoms with Crippen molar-refractivity contribution < 1.29 is 14.0 Å². The van der Waals surface area contributed by atoms with Crippen molar-refractivity contribution in [3.63, 3.8) is 0 Å². The van der Waals surface area contributed by atoms with Crippen molar-refractivity contribution in [1.82, 2.24) is 10.1 Å². The molecule has 0 N–H and O–H groups in total. The van der Waals surface area contributed by atoms with Gasteiger partial charge in [0, 0.05) is 4.47 Å². The van der Waals surface area contributed by atoms with Crippen LogP contribution >= 0.6 is 27.3 Å². The third-order valence-corrected chi connectivity index (χ3v) is 4.86. The summed E-state index contributed by atoms with van der Waals surface area (Å²) in [6.45, 7) is 0.188. The Kier molecular flexibility index (Phi) is 3.80. The Hall–Kier alpha value is -2.63. The summed E-state index contributed by atoms with van der Waals surface area (Å²) in [7, 11) is 0. The van der Waals surface area contributed by atoms with E-state index in [2.05, 4.69) is 32.1 Å². The van der Waals surface area contributed by atoms with Crippen molar-refractivity contribution >= 4 is 38.9 Å². The van der Waals surface area contributed by atoms with E-state index in [0.717, 1.165) is 14.9 Å². The van der Waals surface area contributed by atoms with E-state index in [4.69, 9.17) is 14.0 Å². The molecule has 1 aliphatic heterocycles. The minimum atomic E-state index is 0.172. The third-order valence-electron chi connectivity index (χ3n) is 3.31. The summed E-state index contributed by atoms with van der Waals surface area (Å²) in [6, 6.07) is 9.48. The first-order valence-corrected chi connectivity index (χ1v) is 8.51. The quantitative estimate of drug-likeness (QED) is 0.606. The summed E-state index contributed by atoms with van der Waals surface area (Å²) < 4.78 is 16.7. The highest BCUT2D eigenvalue weighted by atomic mass is 79.9. The number of fused-ring (bicyclic) bond motifs is 1. The van der Waals surface area contributed by atoms with Gasteiger partial charge in [-0.25, -0.2) is 0 Å². The van der Waals surface area contributed by atoms with E-state index in [1.807, 2.05) is 17.5 Å². The third kappa shape index (κ3) is 2.68. The Bertz CT molecular complexity index is 973. The predicted octanol–water partition coefficient (Wildman–Crippen LogP) is 4.35. The van der Waals surface area contributed by atoms with Gasteiger partial charge in [0.25, 0.3) is 5.89 Å². The van der Waals surface area contributed by atoms with Crippen molar-refractivity contribution in [3.05, 3.63) is 45.6 Å². The molecule has 0 aliphatic carbocycles. The van der Waals surface area contributed by atoms with Crippen LogP contribution in [-0.4, -0.2) is 16.9 Å². The van der Waals surface area contributed by atoms with Crippen LogP contribution in [0.25, 0.3) is 22.4 Å². The predicted molar refractivity (Wildman–Crippen MR) is 91.4 cm³/mol. The topological polar surface area (TPSA) is 81.2 Å². The number of ether oxygens (including phenoxy) is 2. The number of hydrogen-bond donors (Lipinski definition) is 0. The standard InChI is InChI=1S/C16H8BrN3O3S/c17-11-6-13-12(21-8-22-13)5-9(11)4-10(7-18)16-19-15(20-23-16)14-2-1-3-24-14/h1-6H,8H2/b10-4+. The van der Waals surface area contributed by atoms with E-state index in [1.165, 1.54) is 11.3 Å². The molecule has 2 aromatic heterocycles. The lowest BCUT2D eigenvalue weighted by Crippen LogP contribution is -1.92. The van der Waals surface area contributed by atoms with Gasteiger partial charge in [0.15, 0.2) is 11.5 Å². The number of benzene rings is 1. The lowest BCUT2D eigenvalue weighted by Gasteiger charge is -2.02. The maximum absolute atomic E-state index is 9.45. The lowest BCUT2D eigenvalue weighted by atomic mass is 10.1. The van der Waals surface area contributed by atoms with Crippen LogP contribution in [0.3, 0.4) is 0 Å². The Labute approximate surface area is 149 Å². The first-order valence-electron chi connectivity index (χ1n) is 6.83. The van der Waals surface area contributed by atoms with Gasteiger partial charge in [-0.3, -0.25) is 0 Å². The number of thiophene rings is 1. The normalized spacial score (nSPS) is 13.1. The molecule has 0 amide bonds. The average molecular weight is 402 g/mol. The summed E-state index contributed by atoms with van der Waals surface area (Å²) in [6.07, 6.45) is 1.66. The van der Waals surface area contributed by atoms with Crippen LogP contribution in [-0.2, 0) is 0 Å². The fourth-order valence-corrected chi connectivity index (χ4v) is 3.27. The maximum atomic E-state index is 9.45. The smallest absolute Gasteiger partial charge is 0.268 e. The Balaban J connectivity index is 1.72. The van der Waals surface area contributed by atoms with Gasteiger partial charge in [-0.05, 0) is 35.2 Å². The van der Waals surface area contributed by atoms with Gasteiger partial charge >= 0.3 is 0 Å². The van der Waals surface area contributed by atoms with Crippen LogP contribution in [0.15, 0.2) is 38.6 Å². The summed E-state index contributed by atoms with van der Waals surface area (Å²) in [4.78, 5) is 5.17. The van der Waals surface area contributed by atoms with E-state index < -0.39 is 0 Å². The van der Waals surface area contributed by atoms with E-state index in [-0.39, 0.29) is 18.3 Å². The molecule has 1 aromatic carbocycles. The van der Waals surface area contributed by atoms with E-state index in [1.54, 1.807) is 18.2 Å². The van der Waals surface area contributed by atoms with E-state index in [9.17, 15) is 5.26 Å². The number of allylic oxidation sites excluding steroid dienone is 1. The zero-order chi connectivity index (χ0) is 16.5. The molecule has 0 bridgehead atoms. The Morgan fingerprint density at radius 3 is 2.92 bits per heavy atom. The number of halogens is 1. The minimum absolute atomic E-state index is 0.172. The molecule has 0 radical (unpaired) electrons. The van der Waals surface area contributed by atoms with Gasteiger partial charge in [0.2, 0.25) is 12.6 Å². The summed E-state index contributed by atoms with van der Waals surface area (Å²) in [5.41, 5.74) is 1.02. The second-order valence-electron chi connectivity index (χ2n) is 4.80. The fraction of sp³-hybridized carbons (Fsp3) is 0.0625. The molecule has 118 valence electrons. The fourth-order valence-electron chi connectivity index (χ4n) is 2.18. The monoisotopic (exact) mass is 401 g/mol. The van der Waals surface area contributed by atoms with Crippen molar-refractivity contribution in [2.45, 2.75) is 0 Å². The molecule has 3 heterocycles. The highest BCUT2D eigenvalue weighted by Gasteiger charge is 2.18. The Morgan fingerprint density at radius 2 is 2.17 bits per heavy atom. The SMILES string of the molecule is N#C/C(=C\c1cc2c(cc1Br)OCO2)c1nc(-c2cccs2)no1. The minimum Gasteiger partial charge on any atom is -0.454 e. The molecule has 1 aliphatic rings. The maximum Gasteiger partial charge on any atom is 0.268 e. The molecular formula is C16H8BrN3O3S. The molecule has 0 atom stereocenters. The molecule has 6 nitrogen and oxygen atoms in total. The summed E-state index contributed by atoms with van der Waals surface area (Å²) in [5.74, 6) is 1.93. The van der Waals surface area contributed by atoms with Gasteiger partial charge in [0.1, 0.15) is 11.6 Å². The second-order valence-corrected chi connectivity index (χ2v) is 6.60. The zero-order valence-corrected chi connectivity index (χ0v) is 14.4. The van der Waals surface area contributed by atoms with Gasteiger partial charge in [0.05, 0.1) is 4.88 Å². The highest BCUT2D eigenvalue weighted by molar-refractivity contribution is 9.10. The zero-order valence-electron chi connectivity index (χ0n) is 12.0. The molecule has 0 unspecified atom stereocenters. The van der Waals surface area contributed by atoms with Gasteiger partial charge < -0.3 is 14.0 Å². The average Bonchev–Trinajstić information content (AvgIpc) is 3.32. The second kappa shape index (κ2) is 6.11. The molecule has 3 aromatic rings. The van der Waals surface area contributed by atoms with Gasteiger partial charge in [-0.2, -0.15) is 10.2 Å². The molecule has 4 rings (SSSR count). The molecule has 8 heteroatoms. The van der Waals surface area contributed by atoms with Crippen molar-refractivity contribution in [3.8, 4) is 28.3 Å². The first kappa shape index (κ1) is 14.9. The van der Waals surface area contributed by atoms with Gasteiger partial charge in [-0.1, -0.05) is 27.2 Å². The molecule has 0 fully saturated rings. The van der Waals surface area contributed by atoms with E-state index >= 15 is 0 Å². The number of aromatic nitrogens is 2. The number of nitriles is 1. The van der Waals surface area contributed by atoms with Crippen LogP contribution in [0.4, 0.5) is 0 Å². The van der Waals surface area contributed by atoms with Crippen LogP contribution in [0.2, 0.25) is 0 Å². The number of nitrogens with zero attached hydrogens (tertiary/aromatic N) is 3. The van der Waals surface area contributed by atoms with Crippen LogP contribution < -0.4 is 9.47 Å². The first-order chi connectivity index (χ1) is 11.7. The Morgan fingerprint density at radius 1 is 1.33 bits per heavy atom. The molecule has 0 saturated heterocycles. The van der Waals surface area contributed by atoms with E-state index in [0.29, 0.717) is 17.3 Å². The van der Waals surface area contributed by atoms with Crippen LogP contribution in [0.1, 0.15) is 11.5 Å². The molecule has 24 heavy (non-hydrogen) atoms. The van der Waals surface area contributed by atoms with Gasteiger partial charge in [-0.15, -0.1) is 11.3 Å². The number of hydrogen-bond acceptors (Lipinski definition) is 7. The van der Waals surface area contributed by atoms with Crippen molar-refractivity contribution in [2.75, 3.05) is 6.79 Å². The number of rotatable bonds is 3. The lowest BCUT2D eigenvalue weighted by molar-refractivity contribution is 0.174. The van der Waals surface area contributed by atoms with Crippen molar-refractivity contribution in [2.24, 2.45) is 0 Å². The highest BCUT2D eigenvalue weighted by Crippen LogP contribution is 2.38. The summed E-state index contributed by atoms with van der Waals surface area (Å²) in [5, 5.41) is 15.3. The molecular weight excluding hydrogens is 394 g/mol. The largest absolute Gasteiger partial charge is 0.454 e. The van der Waals surface area contributed by atoms with Crippen LogP contribution in [0.5, 0.6) is 11.5 Å². The molecule has 0 spiro atoms. The molecule has 0 saturated carbocycles. The van der Waals surface area contributed by atoms with Crippen molar-refractivity contribution in [1.29, 1.82) is 5.26 Å².